The molecule has 0 saturated carbocycles. The van der Waals surface area contributed by atoms with Crippen LogP contribution in [0.5, 0.6) is 11.5 Å². The van der Waals surface area contributed by atoms with Gasteiger partial charge in [0.15, 0.2) is 0 Å². The number of nitrogens with zero attached hydrogens (tertiary/aromatic N) is 4. The maximum absolute atomic E-state index is 7.05. The summed E-state index contributed by atoms with van der Waals surface area (Å²) in [4.78, 5) is 9.68. The molecule has 0 amide bonds. The van der Waals surface area contributed by atoms with Crippen molar-refractivity contribution in [3.63, 3.8) is 0 Å². The molecule has 0 N–H and O–H groups in total. The molecule has 9 aromatic rings. The molecule has 1 aliphatic rings. The third-order valence-corrected chi connectivity index (χ3v) is 14.8. The molecule has 0 unspecified atom stereocenters. The van der Waals surface area contributed by atoms with Crippen LogP contribution >= 0.6 is 0 Å². The number of fused-ring (bicyclic) bond motifs is 4. The van der Waals surface area contributed by atoms with E-state index in [1.165, 1.54) is 33.4 Å². The number of rotatable bonds is 9. The maximum Gasteiger partial charge on any atom is 0.135 e. The smallest absolute Gasteiger partial charge is 0.135 e. The van der Waals surface area contributed by atoms with E-state index in [1.54, 1.807) is 0 Å². The second-order valence-corrected chi connectivity index (χ2v) is 23.6. The number of ether oxygens (including phenoxy) is 1. The molecule has 1 aliphatic heterocycles. The first-order chi connectivity index (χ1) is 33.6. The SMILES string of the molecule is CC(C)(C)c1cc(N2[CH-]N(c3[c-]c(Oc4[c-]c5c(cc4)c4ccccc4n5-c4cc(C(C)(C)c5ccccc5)ccn4)cc(C(C)(C)c4ccccc4)c3)c3ccc(C(C)(C)C)cc32)cc(C(C)(C)C)c1.[Pt]. The fraction of sp³-hybridized carbons (Fsp3) is 0.273. The van der Waals surface area contributed by atoms with Crippen LogP contribution in [0.1, 0.15) is 129 Å². The normalized spacial score (nSPS) is 13.4. The Kier molecular flexibility index (Phi) is 13.0. The summed E-state index contributed by atoms with van der Waals surface area (Å²) < 4.78 is 9.28. The molecular formula is C66H67N4OPt-3. The minimum absolute atomic E-state index is 0. The zero-order valence-corrected chi connectivity index (χ0v) is 46.5. The fourth-order valence-electron chi connectivity index (χ4n) is 9.98. The maximum atomic E-state index is 7.05. The van der Waals surface area contributed by atoms with E-state index in [0.717, 1.165) is 55.9 Å². The molecule has 0 aliphatic carbocycles. The van der Waals surface area contributed by atoms with Crippen molar-refractivity contribution in [1.29, 1.82) is 0 Å². The van der Waals surface area contributed by atoms with Gasteiger partial charge in [-0.3, -0.25) is 0 Å². The van der Waals surface area contributed by atoms with Crippen molar-refractivity contribution in [2.45, 2.75) is 117 Å². The summed E-state index contributed by atoms with van der Waals surface area (Å²) >= 11 is 0. The third-order valence-electron chi connectivity index (χ3n) is 14.8. The molecule has 0 atom stereocenters. The van der Waals surface area contributed by atoms with Gasteiger partial charge in [0.1, 0.15) is 5.82 Å². The molecular weight excluding hydrogens is 1060 g/mol. The zero-order valence-electron chi connectivity index (χ0n) is 44.2. The molecule has 10 rings (SSSR count). The topological polar surface area (TPSA) is 33.5 Å². The van der Waals surface area contributed by atoms with E-state index in [-0.39, 0.29) is 48.1 Å². The van der Waals surface area contributed by atoms with Gasteiger partial charge in [-0.1, -0.05) is 187 Å². The molecule has 5 nitrogen and oxygen atoms in total. The van der Waals surface area contributed by atoms with Crippen LogP contribution in [-0.4, -0.2) is 9.55 Å². The molecule has 0 radical (unpaired) electrons. The summed E-state index contributed by atoms with van der Waals surface area (Å²) in [5.74, 6) is 2.03. The van der Waals surface area contributed by atoms with Gasteiger partial charge in [0.25, 0.3) is 0 Å². The van der Waals surface area contributed by atoms with E-state index in [0.29, 0.717) is 11.5 Å². The summed E-state index contributed by atoms with van der Waals surface area (Å²) in [7, 11) is 0. The van der Waals surface area contributed by atoms with Crippen LogP contribution < -0.4 is 14.5 Å². The number of pyridine rings is 1. The quantitative estimate of drug-likeness (QED) is 0.135. The van der Waals surface area contributed by atoms with Crippen molar-refractivity contribution < 1.29 is 25.8 Å². The Hall–Kier alpha value is -6.42. The largest absolute Gasteiger partial charge is 0.509 e. The van der Waals surface area contributed by atoms with Crippen LogP contribution in [0, 0.1) is 18.8 Å². The Balaban J connectivity index is 0.00000640. The standard InChI is InChI=1S/C66H67N4O.Pt/c1-62(2,3)46-28-31-58-60(39-46)69(51-35-48(63(4,5)6)34-49(36-51)64(7,8)9)43-68(58)52-37-50(66(12,13)45-24-18-15-19-25-45)38-54(41-52)71-53-29-30-56-55-26-20-21-27-57(55)70(59(56)42-53)61-40-47(32-33-67-61)65(10,11)44-22-16-14-17-23-44;/h14-40,43H,1-13H3;/q-3;. The molecule has 6 heteroatoms. The van der Waals surface area contributed by atoms with Crippen molar-refractivity contribution >= 4 is 44.6 Å². The first-order valence-corrected chi connectivity index (χ1v) is 25.1. The molecule has 0 bridgehead atoms. The van der Waals surface area contributed by atoms with Crippen molar-refractivity contribution in [2.24, 2.45) is 0 Å². The van der Waals surface area contributed by atoms with E-state index >= 15 is 0 Å². The van der Waals surface area contributed by atoms with Crippen LogP contribution in [0.15, 0.2) is 164 Å². The van der Waals surface area contributed by atoms with Gasteiger partial charge in [0.2, 0.25) is 0 Å². The van der Waals surface area contributed by atoms with Gasteiger partial charge in [0.05, 0.1) is 0 Å². The van der Waals surface area contributed by atoms with E-state index in [2.05, 4.69) is 275 Å². The Morgan fingerprint density at radius 2 is 1.04 bits per heavy atom. The number of para-hydroxylation sites is 1. The molecule has 7 aromatic carbocycles. The molecule has 2 aromatic heterocycles. The molecule has 3 heterocycles. The van der Waals surface area contributed by atoms with Gasteiger partial charge in [-0.05, 0) is 103 Å². The Morgan fingerprint density at radius 3 is 1.67 bits per heavy atom. The van der Waals surface area contributed by atoms with Crippen LogP contribution in [-0.2, 0) is 48.1 Å². The molecule has 0 fully saturated rings. The number of anilines is 4. The average molecular weight is 1130 g/mol. The van der Waals surface area contributed by atoms with E-state index < -0.39 is 0 Å². The third kappa shape index (κ3) is 9.42. The van der Waals surface area contributed by atoms with Crippen LogP contribution in [0.4, 0.5) is 22.7 Å². The fourth-order valence-corrected chi connectivity index (χ4v) is 9.98. The summed E-state index contributed by atoms with van der Waals surface area (Å²) in [5, 5.41) is 2.21. The van der Waals surface area contributed by atoms with Gasteiger partial charge in [0, 0.05) is 66.8 Å². The van der Waals surface area contributed by atoms with Gasteiger partial charge < -0.3 is 19.1 Å². The summed E-state index contributed by atoms with van der Waals surface area (Å²) in [6.07, 6.45) is 1.93. The number of hydrogen-bond donors (Lipinski definition) is 0. The second-order valence-electron chi connectivity index (χ2n) is 23.6. The Labute approximate surface area is 443 Å². The van der Waals surface area contributed by atoms with Crippen molar-refractivity contribution in [1.82, 2.24) is 9.55 Å². The van der Waals surface area contributed by atoms with Crippen molar-refractivity contribution in [3.8, 4) is 17.3 Å². The van der Waals surface area contributed by atoms with E-state index in [9.17, 15) is 0 Å². The molecule has 0 spiro atoms. The second kappa shape index (κ2) is 18.6. The van der Waals surface area contributed by atoms with Crippen LogP contribution in [0.2, 0.25) is 0 Å². The molecule has 370 valence electrons. The minimum atomic E-state index is -0.380. The van der Waals surface area contributed by atoms with Crippen LogP contribution in [0.3, 0.4) is 0 Å². The predicted molar refractivity (Wildman–Crippen MR) is 297 cm³/mol. The summed E-state index contributed by atoms with van der Waals surface area (Å²) in [6, 6.07) is 64.5. The van der Waals surface area contributed by atoms with E-state index in [1.807, 2.05) is 12.3 Å². The first-order valence-electron chi connectivity index (χ1n) is 25.1. The van der Waals surface area contributed by atoms with Crippen molar-refractivity contribution in [3.05, 3.63) is 222 Å². The zero-order chi connectivity index (χ0) is 50.3. The van der Waals surface area contributed by atoms with Gasteiger partial charge in [-0.2, -0.15) is 6.07 Å². The van der Waals surface area contributed by atoms with Gasteiger partial charge >= 0.3 is 0 Å². The summed E-state index contributed by atoms with van der Waals surface area (Å²) in [5.41, 5.74) is 14.0. The van der Waals surface area contributed by atoms with Crippen molar-refractivity contribution in [2.75, 3.05) is 9.80 Å². The Morgan fingerprint density at radius 1 is 0.444 bits per heavy atom. The number of aromatic nitrogens is 2. The number of benzene rings is 7. The number of hydrogen-bond acceptors (Lipinski definition) is 4. The molecule has 0 saturated heterocycles. The minimum Gasteiger partial charge on any atom is -0.509 e. The predicted octanol–water partition coefficient (Wildman–Crippen LogP) is 17.5. The average Bonchev–Trinajstić information content (AvgIpc) is 3.89. The monoisotopic (exact) mass is 1130 g/mol. The Bertz CT molecular complexity index is 3410. The van der Waals surface area contributed by atoms with Gasteiger partial charge in [-0.25, -0.2) is 4.98 Å². The van der Waals surface area contributed by atoms with Crippen LogP contribution in [0.25, 0.3) is 27.6 Å². The van der Waals surface area contributed by atoms with E-state index in [4.69, 9.17) is 9.72 Å². The molecule has 72 heavy (non-hydrogen) atoms. The van der Waals surface area contributed by atoms with Gasteiger partial charge in [-0.15, -0.1) is 53.6 Å². The first kappa shape index (κ1) is 50.5. The summed E-state index contributed by atoms with van der Waals surface area (Å²) in [6.45, 7) is 32.0.